The Morgan fingerprint density at radius 3 is 2.41 bits per heavy atom. The van der Waals surface area contributed by atoms with E-state index in [-0.39, 0.29) is 5.69 Å². The predicted octanol–water partition coefficient (Wildman–Crippen LogP) is 3.86. The van der Waals surface area contributed by atoms with Crippen LogP contribution in [0.5, 0.6) is 0 Å². The third-order valence-corrected chi connectivity index (χ3v) is 4.15. The van der Waals surface area contributed by atoms with Crippen LogP contribution < -0.4 is 10.6 Å². The van der Waals surface area contributed by atoms with Crippen LogP contribution in [0.2, 0.25) is 0 Å². The molecule has 1 heterocycles. The summed E-state index contributed by atoms with van der Waals surface area (Å²) >= 11 is 0. The molecular weight excluding hydrogens is 291 g/mol. The van der Waals surface area contributed by atoms with Crippen LogP contribution in [-0.2, 0) is 6.18 Å². The largest absolute Gasteiger partial charge is 0.418 e. The van der Waals surface area contributed by atoms with Crippen LogP contribution in [0.1, 0.15) is 24.0 Å². The van der Waals surface area contributed by atoms with E-state index in [2.05, 4.69) is 23.2 Å². The van der Waals surface area contributed by atoms with Crippen LogP contribution in [0.25, 0.3) is 6.08 Å². The second-order valence-electron chi connectivity index (χ2n) is 5.42. The maximum absolute atomic E-state index is 13.1. The summed E-state index contributed by atoms with van der Waals surface area (Å²) in [6.45, 7) is 9.12. The van der Waals surface area contributed by atoms with Gasteiger partial charge in [0.15, 0.2) is 0 Å². The van der Waals surface area contributed by atoms with Crippen molar-refractivity contribution in [3.8, 4) is 0 Å². The third-order valence-electron chi connectivity index (χ3n) is 4.15. The molecule has 0 aliphatic carbocycles. The molecule has 2 N–H and O–H groups in total. The molecule has 120 valence electrons. The van der Waals surface area contributed by atoms with Gasteiger partial charge < -0.3 is 10.6 Å². The van der Waals surface area contributed by atoms with E-state index in [4.69, 9.17) is 5.73 Å². The van der Waals surface area contributed by atoms with Gasteiger partial charge in [-0.2, -0.15) is 13.2 Å². The van der Waals surface area contributed by atoms with E-state index < -0.39 is 11.7 Å². The van der Waals surface area contributed by atoms with E-state index >= 15 is 0 Å². The van der Waals surface area contributed by atoms with Gasteiger partial charge in [-0.05, 0) is 44.2 Å². The first-order valence-corrected chi connectivity index (χ1v) is 7.20. The minimum atomic E-state index is -4.46. The van der Waals surface area contributed by atoms with Crippen LogP contribution in [0.15, 0.2) is 23.7 Å². The van der Waals surface area contributed by atoms with E-state index in [0.29, 0.717) is 18.0 Å². The smallest absolute Gasteiger partial charge is 0.371 e. The first-order valence-electron chi connectivity index (χ1n) is 7.20. The second kappa shape index (κ2) is 6.52. The summed E-state index contributed by atoms with van der Waals surface area (Å²) in [5.74, 6) is 0.481. The zero-order valence-corrected chi connectivity index (χ0v) is 12.4. The molecule has 1 fully saturated rings. The van der Waals surface area contributed by atoms with Gasteiger partial charge in [-0.25, -0.2) is 0 Å². The van der Waals surface area contributed by atoms with Gasteiger partial charge in [0, 0.05) is 24.3 Å². The zero-order chi connectivity index (χ0) is 16.3. The van der Waals surface area contributed by atoms with Crippen LogP contribution in [-0.4, -0.2) is 26.4 Å². The molecular formula is C16H20F3N3. The van der Waals surface area contributed by atoms with Crippen LogP contribution in [0.3, 0.4) is 0 Å². The summed E-state index contributed by atoms with van der Waals surface area (Å²) in [5, 5.41) is 0. The Kier molecular flexibility index (Phi) is 4.90. The maximum Gasteiger partial charge on any atom is 0.418 e. The number of hydrogen-bond donors (Lipinski definition) is 1. The molecule has 0 bridgehead atoms. The number of hydrogen-bond acceptors (Lipinski definition) is 3. The van der Waals surface area contributed by atoms with E-state index in [1.807, 2.05) is 0 Å². The third kappa shape index (κ3) is 3.16. The van der Waals surface area contributed by atoms with Gasteiger partial charge >= 0.3 is 6.18 Å². The van der Waals surface area contributed by atoms with Crippen LogP contribution in [0, 0.1) is 5.92 Å². The predicted molar refractivity (Wildman–Crippen MR) is 84.7 cm³/mol. The molecule has 3 nitrogen and oxygen atoms in total. The fourth-order valence-corrected chi connectivity index (χ4v) is 2.88. The molecule has 1 saturated heterocycles. The van der Waals surface area contributed by atoms with Crippen molar-refractivity contribution in [2.45, 2.75) is 19.0 Å². The highest BCUT2D eigenvalue weighted by Gasteiger charge is 2.35. The van der Waals surface area contributed by atoms with Gasteiger partial charge in [0.05, 0.1) is 11.3 Å². The maximum atomic E-state index is 13.1. The summed E-state index contributed by atoms with van der Waals surface area (Å²) in [4.78, 5) is 5.67. The van der Waals surface area contributed by atoms with Gasteiger partial charge in [0.1, 0.15) is 0 Å². The molecule has 0 aromatic heterocycles. The summed E-state index contributed by atoms with van der Waals surface area (Å²) < 4.78 is 39.2. The topological polar surface area (TPSA) is 41.6 Å². The summed E-state index contributed by atoms with van der Waals surface area (Å²) in [6, 6.07) is 2.57. The van der Waals surface area contributed by atoms with E-state index in [1.165, 1.54) is 12.1 Å². The Hall–Kier alpha value is -1.82. The van der Waals surface area contributed by atoms with Gasteiger partial charge in [-0.1, -0.05) is 12.7 Å². The van der Waals surface area contributed by atoms with Crippen molar-refractivity contribution in [1.29, 1.82) is 0 Å². The average Bonchev–Trinajstić information content (AvgIpc) is 2.52. The Balaban J connectivity index is 2.41. The number of anilines is 1. The summed E-state index contributed by atoms with van der Waals surface area (Å²) in [7, 11) is 0. The number of aliphatic imine (C=N–C) groups is 1. The lowest BCUT2D eigenvalue weighted by Gasteiger charge is -2.34. The Labute approximate surface area is 128 Å². The van der Waals surface area contributed by atoms with Crippen molar-refractivity contribution in [3.05, 3.63) is 29.8 Å². The molecule has 0 unspecified atom stereocenters. The Bertz CT molecular complexity index is 558. The normalized spacial score (nSPS) is 16.6. The lowest BCUT2D eigenvalue weighted by Crippen LogP contribution is -2.36. The highest BCUT2D eigenvalue weighted by atomic mass is 19.4. The molecule has 1 aliphatic heterocycles. The molecule has 22 heavy (non-hydrogen) atoms. The molecule has 1 aromatic carbocycles. The minimum Gasteiger partial charge on any atom is -0.371 e. The van der Waals surface area contributed by atoms with Crippen LogP contribution >= 0.6 is 0 Å². The van der Waals surface area contributed by atoms with Crippen molar-refractivity contribution in [3.63, 3.8) is 0 Å². The monoisotopic (exact) mass is 311 g/mol. The first-order chi connectivity index (χ1) is 10.4. The fourth-order valence-electron chi connectivity index (χ4n) is 2.88. The van der Waals surface area contributed by atoms with Gasteiger partial charge in [0.2, 0.25) is 0 Å². The lowest BCUT2D eigenvalue weighted by atomic mass is 9.95. The number of piperidine rings is 1. The number of benzene rings is 1. The van der Waals surface area contributed by atoms with Crippen molar-refractivity contribution >= 4 is 24.2 Å². The van der Waals surface area contributed by atoms with Gasteiger partial charge in [-0.3, -0.25) is 4.99 Å². The van der Waals surface area contributed by atoms with Crippen LogP contribution in [0.4, 0.5) is 24.5 Å². The fraction of sp³-hybridized carbons (Fsp3) is 0.438. The van der Waals surface area contributed by atoms with E-state index in [1.54, 1.807) is 0 Å². The SMILES string of the molecule is C=Cc1c(N2CCC(CN)CC2)ccc(C(F)(F)F)c1N=C. The second-order valence-corrected chi connectivity index (χ2v) is 5.42. The molecule has 0 saturated carbocycles. The highest BCUT2D eigenvalue weighted by molar-refractivity contribution is 5.80. The number of alkyl halides is 3. The summed E-state index contributed by atoms with van der Waals surface area (Å²) in [5.41, 5.74) is 5.85. The highest BCUT2D eigenvalue weighted by Crippen LogP contribution is 2.42. The molecule has 0 radical (unpaired) electrons. The summed E-state index contributed by atoms with van der Waals surface area (Å²) in [6.07, 6.45) is -1.17. The molecule has 6 heteroatoms. The number of rotatable bonds is 4. The van der Waals surface area contributed by atoms with E-state index in [0.717, 1.165) is 37.7 Å². The van der Waals surface area contributed by atoms with Gasteiger partial charge in [-0.15, -0.1) is 0 Å². The molecule has 0 atom stereocenters. The quantitative estimate of drug-likeness (QED) is 0.858. The lowest BCUT2D eigenvalue weighted by molar-refractivity contribution is -0.137. The molecule has 2 rings (SSSR count). The van der Waals surface area contributed by atoms with Crippen molar-refractivity contribution < 1.29 is 13.2 Å². The number of nitrogens with two attached hydrogens (primary N) is 1. The van der Waals surface area contributed by atoms with Gasteiger partial charge in [0.25, 0.3) is 0 Å². The number of nitrogens with zero attached hydrogens (tertiary/aromatic N) is 2. The molecule has 1 aromatic rings. The van der Waals surface area contributed by atoms with Crippen molar-refractivity contribution in [2.75, 3.05) is 24.5 Å². The average molecular weight is 311 g/mol. The Morgan fingerprint density at radius 2 is 1.95 bits per heavy atom. The van der Waals surface area contributed by atoms with Crippen molar-refractivity contribution in [1.82, 2.24) is 0 Å². The Morgan fingerprint density at radius 1 is 1.32 bits per heavy atom. The molecule has 0 spiro atoms. The zero-order valence-electron chi connectivity index (χ0n) is 12.4. The first kappa shape index (κ1) is 16.5. The molecule has 0 amide bonds. The van der Waals surface area contributed by atoms with E-state index in [9.17, 15) is 13.2 Å². The molecule has 1 aliphatic rings. The number of halogens is 3. The standard InChI is InChI=1S/C16H20F3N3/c1-3-12-14(22-8-6-11(10-20)7-9-22)5-4-13(15(12)21-2)16(17,18)19/h3-5,11H,1-2,6-10,20H2. The minimum absolute atomic E-state index is 0.152. The van der Waals surface area contributed by atoms with Crippen molar-refractivity contribution in [2.24, 2.45) is 16.6 Å².